The van der Waals surface area contributed by atoms with Crippen molar-refractivity contribution in [1.29, 1.82) is 0 Å². The molecule has 3 atom stereocenters. The van der Waals surface area contributed by atoms with Crippen LogP contribution in [0, 0.1) is 23.7 Å². The van der Waals surface area contributed by atoms with Gasteiger partial charge in [-0.25, -0.2) is 0 Å². The summed E-state index contributed by atoms with van der Waals surface area (Å²) < 4.78 is 0. The molecular formula is C13H15Cl. The molecule has 2 aliphatic rings. The largest absolute Gasteiger partial charge is 0.118 e. The minimum Gasteiger partial charge on any atom is -0.118 e. The summed E-state index contributed by atoms with van der Waals surface area (Å²) in [7, 11) is 0. The number of alkyl halides is 1. The molecule has 2 aliphatic carbocycles. The van der Waals surface area contributed by atoms with Crippen molar-refractivity contribution >= 4 is 11.6 Å². The molecule has 2 rings (SSSR count). The zero-order valence-electron chi connectivity index (χ0n) is 8.30. The lowest BCUT2D eigenvalue weighted by atomic mass is 9.93. The number of halogens is 1. The first-order valence-corrected chi connectivity index (χ1v) is 5.67. The summed E-state index contributed by atoms with van der Waals surface area (Å²) in [6, 6.07) is 0. The highest BCUT2D eigenvalue weighted by Crippen LogP contribution is 2.44. The lowest BCUT2D eigenvalue weighted by Gasteiger charge is -2.10. The van der Waals surface area contributed by atoms with Gasteiger partial charge in [0.05, 0.1) is 5.38 Å². The predicted octanol–water partition coefficient (Wildman–Crippen LogP) is 3.53. The molecule has 0 bridgehead atoms. The molecule has 0 N–H and O–H groups in total. The van der Waals surface area contributed by atoms with Crippen LogP contribution in [0.3, 0.4) is 0 Å². The first-order chi connectivity index (χ1) is 6.79. The molecule has 0 radical (unpaired) electrons. The van der Waals surface area contributed by atoms with Crippen LogP contribution in [0.25, 0.3) is 0 Å². The summed E-state index contributed by atoms with van der Waals surface area (Å²) in [5.74, 6) is 7.72. The van der Waals surface area contributed by atoms with Crippen LogP contribution in [0.5, 0.6) is 0 Å². The highest BCUT2D eigenvalue weighted by molar-refractivity contribution is 6.21. The lowest BCUT2D eigenvalue weighted by molar-refractivity contribution is 0.564. The third-order valence-corrected chi connectivity index (χ3v) is 3.16. The van der Waals surface area contributed by atoms with Gasteiger partial charge >= 0.3 is 0 Å². The normalized spacial score (nSPS) is 32.8. The van der Waals surface area contributed by atoms with Gasteiger partial charge in [0.15, 0.2) is 0 Å². The average molecular weight is 207 g/mol. The van der Waals surface area contributed by atoms with Crippen LogP contribution in [0.4, 0.5) is 0 Å². The van der Waals surface area contributed by atoms with E-state index in [1.54, 1.807) is 5.57 Å². The van der Waals surface area contributed by atoms with E-state index in [9.17, 15) is 0 Å². The molecule has 1 fully saturated rings. The Morgan fingerprint density at radius 3 is 3.00 bits per heavy atom. The highest BCUT2D eigenvalue weighted by Gasteiger charge is 2.32. The van der Waals surface area contributed by atoms with Crippen LogP contribution in [0.2, 0.25) is 0 Å². The van der Waals surface area contributed by atoms with Gasteiger partial charge in [-0.2, -0.15) is 0 Å². The third kappa shape index (κ3) is 2.42. The smallest absolute Gasteiger partial charge is 0.0553 e. The Balaban J connectivity index is 1.74. The molecule has 0 aliphatic heterocycles. The Kier molecular flexibility index (Phi) is 2.99. The molecule has 0 heterocycles. The Morgan fingerprint density at radius 2 is 2.43 bits per heavy atom. The van der Waals surface area contributed by atoms with E-state index < -0.39 is 0 Å². The van der Waals surface area contributed by atoms with Gasteiger partial charge in [-0.15, -0.1) is 24.1 Å². The van der Waals surface area contributed by atoms with Gasteiger partial charge in [-0.1, -0.05) is 23.6 Å². The lowest BCUT2D eigenvalue weighted by Crippen LogP contribution is -2.03. The Bertz CT molecular complexity index is 316. The fourth-order valence-corrected chi connectivity index (χ4v) is 2.14. The van der Waals surface area contributed by atoms with Crippen molar-refractivity contribution in [3.63, 3.8) is 0 Å². The van der Waals surface area contributed by atoms with Crippen LogP contribution in [-0.2, 0) is 0 Å². The minimum absolute atomic E-state index is 0.153. The topological polar surface area (TPSA) is 0 Å². The van der Waals surface area contributed by atoms with Crippen molar-refractivity contribution in [3.05, 3.63) is 24.3 Å². The van der Waals surface area contributed by atoms with Crippen LogP contribution in [0.15, 0.2) is 24.3 Å². The molecule has 74 valence electrons. The molecule has 0 spiro atoms. The van der Waals surface area contributed by atoms with Crippen LogP contribution >= 0.6 is 11.6 Å². The van der Waals surface area contributed by atoms with Crippen LogP contribution in [0.1, 0.15) is 25.7 Å². The summed E-state index contributed by atoms with van der Waals surface area (Å²) in [6.45, 7) is 3.69. The van der Waals surface area contributed by atoms with Crippen molar-refractivity contribution in [2.24, 2.45) is 11.8 Å². The van der Waals surface area contributed by atoms with E-state index in [1.165, 1.54) is 12.8 Å². The molecule has 0 nitrogen and oxygen atoms in total. The summed E-state index contributed by atoms with van der Waals surface area (Å²) in [5.41, 5.74) is 1.54. The van der Waals surface area contributed by atoms with E-state index in [2.05, 4.69) is 24.5 Å². The van der Waals surface area contributed by atoms with E-state index >= 15 is 0 Å². The molecule has 0 aromatic rings. The number of allylic oxidation sites excluding steroid dienone is 3. The fourth-order valence-electron chi connectivity index (χ4n) is 1.86. The molecule has 1 saturated carbocycles. The summed E-state index contributed by atoms with van der Waals surface area (Å²) in [4.78, 5) is 0. The monoisotopic (exact) mass is 206 g/mol. The molecule has 0 saturated heterocycles. The van der Waals surface area contributed by atoms with Gasteiger partial charge in [-0.3, -0.25) is 0 Å². The van der Waals surface area contributed by atoms with E-state index in [0.29, 0.717) is 5.92 Å². The Morgan fingerprint density at radius 1 is 1.64 bits per heavy atom. The maximum absolute atomic E-state index is 6.09. The van der Waals surface area contributed by atoms with Crippen molar-refractivity contribution < 1.29 is 0 Å². The van der Waals surface area contributed by atoms with E-state index in [4.69, 9.17) is 11.6 Å². The number of rotatable bonds is 5. The molecule has 14 heavy (non-hydrogen) atoms. The van der Waals surface area contributed by atoms with E-state index in [-0.39, 0.29) is 5.38 Å². The molecule has 1 heteroatoms. The van der Waals surface area contributed by atoms with Gasteiger partial charge in [0.25, 0.3) is 0 Å². The Hall–Kier alpha value is -0.670. The second kappa shape index (κ2) is 4.24. The average Bonchev–Trinajstić information content (AvgIpc) is 2.77. The van der Waals surface area contributed by atoms with Gasteiger partial charge in [0.2, 0.25) is 0 Å². The standard InChI is InChI=1S/C13H15Cl/c1-2-4-13(14)9-12-8-11(12)7-10-5-3-6-10/h2,9-11,13H,1,4-5,7-8H2/b12-9-/t10?,11-,13?/m0/s1. The van der Waals surface area contributed by atoms with Crippen LogP contribution < -0.4 is 0 Å². The van der Waals surface area contributed by atoms with E-state index in [0.717, 1.165) is 18.8 Å². The molecule has 0 amide bonds. The van der Waals surface area contributed by atoms with Gasteiger partial charge in [0.1, 0.15) is 0 Å². The third-order valence-electron chi connectivity index (χ3n) is 2.86. The zero-order chi connectivity index (χ0) is 9.97. The summed E-state index contributed by atoms with van der Waals surface area (Å²) in [6.07, 6.45) is 8.58. The minimum atomic E-state index is 0.153. The fraction of sp³-hybridized carbons (Fsp3) is 0.538. The molecule has 2 unspecified atom stereocenters. The molecular weight excluding hydrogens is 192 g/mol. The zero-order valence-corrected chi connectivity index (χ0v) is 9.06. The second-order valence-electron chi connectivity index (χ2n) is 4.14. The quantitative estimate of drug-likeness (QED) is 0.367. The maximum Gasteiger partial charge on any atom is 0.0553 e. The van der Waals surface area contributed by atoms with Gasteiger partial charge < -0.3 is 0 Å². The van der Waals surface area contributed by atoms with Crippen molar-refractivity contribution in [3.8, 4) is 11.8 Å². The summed E-state index contributed by atoms with van der Waals surface area (Å²) >= 11 is 6.09. The summed E-state index contributed by atoms with van der Waals surface area (Å²) in [5, 5.41) is 0.153. The predicted molar refractivity (Wildman–Crippen MR) is 61.1 cm³/mol. The first-order valence-electron chi connectivity index (χ1n) is 5.23. The number of hydrogen-bond acceptors (Lipinski definition) is 0. The van der Waals surface area contributed by atoms with Crippen molar-refractivity contribution in [2.45, 2.75) is 31.1 Å². The van der Waals surface area contributed by atoms with Crippen molar-refractivity contribution in [2.75, 3.05) is 0 Å². The second-order valence-corrected chi connectivity index (χ2v) is 4.70. The Labute approximate surface area is 91.0 Å². The van der Waals surface area contributed by atoms with Gasteiger partial charge in [-0.05, 0) is 25.2 Å². The first kappa shape index (κ1) is 9.87. The van der Waals surface area contributed by atoms with Gasteiger partial charge in [0, 0.05) is 12.3 Å². The highest BCUT2D eigenvalue weighted by atomic mass is 35.5. The van der Waals surface area contributed by atoms with Crippen LogP contribution in [-0.4, -0.2) is 5.38 Å². The maximum atomic E-state index is 6.09. The van der Waals surface area contributed by atoms with Crippen molar-refractivity contribution in [1.82, 2.24) is 0 Å². The van der Waals surface area contributed by atoms with E-state index in [1.807, 2.05) is 6.08 Å². The SMILES string of the molecule is C=CCC(Cl)/C=C1/C[C@@H]1CC1C#CC1. The number of hydrogen-bond donors (Lipinski definition) is 0. The molecule has 0 aromatic carbocycles. The molecule has 0 aromatic heterocycles.